The van der Waals surface area contributed by atoms with Gasteiger partial charge in [-0.25, -0.2) is 15.0 Å². The molecule has 0 aliphatic rings. The van der Waals surface area contributed by atoms with Crippen LogP contribution in [0.5, 0.6) is 0 Å². The number of aliphatic hydroxyl groups excluding tert-OH is 1. The maximum absolute atomic E-state index is 10.2. The van der Waals surface area contributed by atoms with Crippen LogP contribution in [-0.2, 0) is 13.1 Å². The lowest BCUT2D eigenvalue weighted by Crippen LogP contribution is -2.30. The minimum atomic E-state index is -0.592. The van der Waals surface area contributed by atoms with Gasteiger partial charge in [-0.1, -0.05) is 29.8 Å². The number of hydrogen-bond acceptors (Lipinski definition) is 6. The van der Waals surface area contributed by atoms with Crippen molar-refractivity contribution in [3.63, 3.8) is 0 Å². The molecule has 0 amide bonds. The first-order valence-corrected chi connectivity index (χ1v) is 7.56. The molecule has 1 unspecified atom stereocenters. The molecule has 0 radical (unpaired) electrons. The Morgan fingerprint density at radius 3 is 2.91 bits per heavy atom. The third-order valence-corrected chi connectivity index (χ3v) is 3.86. The molecule has 1 atom stereocenters. The van der Waals surface area contributed by atoms with E-state index in [0.717, 1.165) is 5.56 Å². The fourth-order valence-electron chi connectivity index (χ4n) is 2.34. The third-order valence-electron chi connectivity index (χ3n) is 3.49. The number of hydrogen-bond donors (Lipinski definition) is 3. The highest BCUT2D eigenvalue weighted by molar-refractivity contribution is 6.31. The number of benzene rings is 1. The van der Waals surface area contributed by atoms with Crippen molar-refractivity contribution in [1.29, 1.82) is 0 Å². The Hall–Kier alpha value is -2.22. The van der Waals surface area contributed by atoms with Crippen molar-refractivity contribution in [3.8, 4) is 0 Å². The van der Waals surface area contributed by atoms with E-state index in [-0.39, 0.29) is 0 Å². The zero-order valence-electron chi connectivity index (χ0n) is 12.4. The van der Waals surface area contributed by atoms with E-state index in [4.69, 9.17) is 17.3 Å². The molecule has 2 heterocycles. The van der Waals surface area contributed by atoms with E-state index in [1.165, 1.54) is 6.33 Å². The van der Waals surface area contributed by atoms with Gasteiger partial charge in [0.05, 0.1) is 19.0 Å². The second-order valence-electron chi connectivity index (χ2n) is 5.20. The van der Waals surface area contributed by atoms with E-state index in [1.807, 2.05) is 24.3 Å². The summed E-state index contributed by atoms with van der Waals surface area (Å²) in [7, 11) is 0. The zero-order valence-corrected chi connectivity index (χ0v) is 13.1. The van der Waals surface area contributed by atoms with E-state index >= 15 is 0 Å². The van der Waals surface area contributed by atoms with Crippen LogP contribution in [0.15, 0.2) is 36.9 Å². The quantitative estimate of drug-likeness (QED) is 0.627. The molecule has 0 bridgehead atoms. The third kappa shape index (κ3) is 3.58. The van der Waals surface area contributed by atoms with Gasteiger partial charge < -0.3 is 20.7 Å². The van der Waals surface area contributed by atoms with Gasteiger partial charge in [0.1, 0.15) is 11.8 Å². The largest absolute Gasteiger partial charge is 0.390 e. The predicted molar refractivity (Wildman–Crippen MR) is 88.9 cm³/mol. The highest BCUT2D eigenvalue weighted by atomic mass is 35.5. The molecule has 0 aliphatic carbocycles. The van der Waals surface area contributed by atoms with Crippen LogP contribution in [-0.4, -0.2) is 37.3 Å². The molecule has 0 fully saturated rings. The van der Waals surface area contributed by atoms with E-state index in [2.05, 4.69) is 20.3 Å². The summed E-state index contributed by atoms with van der Waals surface area (Å²) in [6.45, 7) is 1.38. The number of imidazole rings is 1. The van der Waals surface area contributed by atoms with E-state index in [0.29, 0.717) is 41.6 Å². The Labute approximate surface area is 138 Å². The maximum Gasteiger partial charge on any atom is 0.165 e. The van der Waals surface area contributed by atoms with Crippen molar-refractivity contribution in [2.75, 3.05) is 12.3 Å². The Kier molecular flexibility index (Phi) is 4.71. The van der Waals surface area contributed by atoms with Crippen molar-refractivity contribution in [3.05, 3.63) is 47.5 Å². The number of halogens is 1. The van der Waals surface area contributed by atoms with Crippen LogP contribution in [0.25, 0.3) is 11.2 Å². The number of aromatic nitrogens is 4. The van der Waals surface area contributed by atoms with Crippen LogP contribution in [0.4, 0.5) is 5.82 Å². The molecule has 120 valence electrons. The molecule has 3 aromatic rings. The number of nitrogens with zero attached hydrogens (tertiary/aromatic N) is 4. The molecule has 7 nitrogen and oxygen atoms in total. The van der Waals surface area contributed by atoms with Gasteiger partial charge in [-0.2, -0.15) is 0 Å². The average molecular weight is 333 g/mol. The van der Waals surface area contributed by atoms with E-state index < -0.39 is 6.10 Å². The maximum atomic E-state index is 10.2. The van der Waals surface area contributed by atoms with Crippen molar-refractivity contribution >= 4 is 28.6 Å². The van der Waals surface area contributed by atoms with E-state index in [9.17, 15) is 5.11 Å². The van der Waals surface area contributed by atoms with Crippen LogP contribution in [0, 0.1) is 0 Å². The summed E-state index contributed by atoms with van der Waals surface area (Å²) in [4.78, 5) is 12.2. The molecule has 0 saturated carbocycles. The summed E-state index contributed by atoms with van der Waals surface area (Å²) < 4.78 is 1.76. The Morgan fingerprint density at radius 2 is 2.09 bits per heavy atom. The van der Waals surface area contributed by atoms with Crippen molar-refractivity contribution < 1.29 is 5.11 Å². The van der Waals surface area contributed by atoms with Crippen molar-refractivity contribution in [2.24, 2.45) is 0 Å². The zero-order chi connectivity index (χ0) is 16.2. The number of nitrogens with two attached hydrogens (primary N) is 1. The first-order valence-electron chi connectivity index (χ1n) is 7.18. The number of nitrogens with one attached hydrogen (secondary N) is 1. The first-order chi connectivity index (χ1) is 11.1. The summed E-state index contributed by atoms with van der Waals surface area (Å²) >= 11 is 6.09. The summed E-state index contributed by atoms with van der Waals surface area (Å²) in [6.07, 6.45) is 2.40. The van der Waals surface area contributed by atoms with Crippen LogP contribution in [0.3, 0.4) is 0 Å². The summed E-state index contributed by atoms with van der Waals surface area (Å²) in [6, 6.07) is 7.61. The lowest BCUT2D eigenvalue weighted by Gasteiger charge is -2.13. The van der Waals surface area contributed by atoms with Crippen LogP contribution >= 0.6 is 11.6 Å². The Balaban J connectivity index is 1.58. The predicted octanol–water partition coefficient (Wildman–Crippen LogP) is 1.21. The molecule has 3 rings (SSSR count). The normalized spacial score (nSPS) is 12.6. The number of rotatable bonds is 6. The van der Waals surface area contributed by atoms with Gasteiger partial charge in [0.25, 0.3) is 0 Å². The van der Waals surface area contributed by atoms with Gasteiger partial charge in [0, 0.05) is 18.1 Å². The lowest BCUT2D eigenvalue weighted by molar-refractivity contribution is 0.152. The summed E-state index contributed by atoms with van der Waals surface area (Å²) in [5.74, 6) is 0.333. The number of anilines is 1. The molecule has 0 spiro atoms. The Bertz CT molecular complexity index is 806. The van der Waals surface area contributed by atoms with Gasteiger partial charge in [0.2, 0.25) is 0 Å². The summed E-state index contributed by atoms with van der Waals surface area (Å²) in [5, 5.41) is 14.1. The topological polar surface area (TPSA) is 102 Å². The molecule has 0 saturated heterocycles. The van der Waals surface area contributed by atoms with Gasteiger partial charge >= 0.3 is 0 Å². The van der Waals surface area contributed by atoms with Gasteiger partial charge in [0.15, 0.2) is 11.5 Å². The molecule has 4 N–H and O–H groups in total. The highest BCUT2D eigenvalue weighted by Gasteiger charge is 2.11. The smallest absolute Gasteiger partial charge is 0.165 e. The molecule has 0 aliphatic heterocycles. The van der Waals surface area contributed by atoms with Gasteiger partial charge in [-0.15, -0.1) is 0 Å². The standard InChI is InChI=1S/C15H17ClN6O/c16-12-4-2-1-3-10(12)5-18-6-11(23)7-22-9-21-13-14(17)19-8-20-15(13)22/h1-4,8-9,11,18,23H,5-7H2,(H2,17,19,20). The van der Waals surface area contributed by atoms with Crippen molar-refractivity contribution in [2.45, 2.75) is 19.2 Å². The number of nitrogen functional groups attached to an aromatic ring is 1. The van der Waals surface area contributed by atoms with Crippen LogP contribution in [0.2, 0.25) is 5.02 Å². The second kappa shape index (κ2) is 6.91. The molecular weight excluding hydrogens is 316 g/mol. The molecule has 2 aromatic heterocycles. The van der Waals surface area contributed by atoms with Crippen molar-refractivity contribution in [1.82, 2.24) is 24.8 Å². The molecular formula is C15H17ClN6O. The minimum absolute atomic E-state index is 0.333. The lowest BCUT2D eigenvalue weighted by atomic mass is 10.2. The molecule has 23 heavy (non-hydrogen) atoms. The van der Waals surface area contributed by atoms with Gasteiger partial charge in [-0.05, 0) is 11.6 Å². The summed E-state index contributed by atoms with van der Waals surface area (Å²) in [5.41, 5.74) is 7.90. The fraction of sp³-hybridized carbons (Fsp3) is 0.267. The number of fused-ring (bicyclic) bond motifs is 1. The fourth-order valence-corrected chi connectivity index (χ4v) is 2.54. The number of aliphatic hydroxyl groups is 1. The van der Waals surface area contributed by atoms with Crippen LogP contribution in [0.1, 0.15) is 5.56 Å². The second-order valence-corrected chi connectivity index (χ2v) is 5.61. The van der Waals surface area contributed by atoms with E-state index in [1.54, 1.807) is 10.9 Å². The highest BCUT2D eigenvalue weighted by Crippen LogP contribution is 2.15. The monoisotopic (exact) mass is 332 g/mol. The molecule has 8 heteroatoms. The van der Waals surface area contributed by atoms with Gasteiger partial charge in [-0.3, -0.25) is 0 Å². The first kappa shape index (κ1) is 15.7. The average Bonchev–Trinajstić information content (AvgIpc) is 2.94. The minimum Gasteiger partial charge on any atom is -0.390 e. The molecule has 1 aromatic carbocycles. The SMILES string of the molecule is Nc1ncnc2c1ncn2CC(O)CNCc1ccccc1Cl. The Morgan fingerprint density at radius 1 is 1.26 bits per heavy atom. The van der Waals surface area contributed by atoms with Crippen LogP contribution < -0.4 is 11.1 Å².